The highest BCUT2D eigenvalue weighted by atomic mass is 32.2. The van der Waals surface area contributed by atoms with E-state index in [1.807, 2.05) is 0 Å². The molecule has 1 aromatic rings. The second-order valence-corrected chi connectivity index (χ2v) is 6.28. The Hall–Kier alpha value is -1.89. The maximum absolute atomic E-state index is 11.7. The van der Waals surface area contributed by atoms with E-state index < -0.39 is 28.7 Å². The predicted molar refractivity (Wildman–Crippen MR) is 81.7 cm³/mol. The minimum Gasteiger partial charge on any atom is -0.481 e. The summed E-state index contributed by atoms with van der Waals surface area (Å²) in [5, 5.41) is 14.4. The highest BCUT2D eigenvalue weighted by Crippen LogP contribution is 2.14. The molecule has 1 rings (SSSR count). The lowest BCUT2D eigenvalue weighted by Crippen LogP contribution is -2.44. The fraction of sp³-hybridized carbons (Fsp3) is 0.429. The molecular formula is C14H20N2O4S. The van der Waals surface area contributed by atoms with Gasteiger partial charge in [-0.05, 0) is 12.5 Å². The fourth-order valence-corrected chi connectivity index (χ4v) is 2.68. The molecular weight excluding hydrogens is 292 g/mol. The van der Waals surface area contributed by atoms with Crippen LogP contribution in [-0.2, 0) is 15.6 Å². The summed E-state index contributed by atoms with van der Waals surface area (Å²) in [7, 11) is -0.998. The molecule has 6 nitrogen and oxygen atoms in total. The van der Waals surface area contributed by atoms with Crippen molar-refractivity contribution in [3.63, 3.8) is 0 Å². The Morgan fingerprint density at radius 3 is 2.43 bits per heavy atom. The summed E-state index contributed by atoms with van der Waals surface area (Å²) >= 11 is 0. The van der Waals surface area contributed by atoms with E-state index in [1.165, 1.54) is 0 Å². The first-order valence-corrected chi connectivity index (χ1v) is 8.25. The van der Waals surface area contributed by atoms with Crippen molar-refractivity contribution in [2.75, 3.05) is 18.6 Å². The SMILES string of the molecule is CC(CS(C)=O)NC(=O)NCC(C(=O)O)c1ccccc1. The Labute approximate surface area is 126 Å². The lowest BCUT2D eigenvalue weighted by Gasteiger charge is -2.16. The minimum absolute atomic E-state index is 0.00683. The van der Waals surface area contributed by atoms with Crippen molar-refractivity contribution in [1.82, 2.24) is 10.6 Å². The van der Waals surface area contributed by atoms with E-state index in [1.54, 1.807) is 43.5 Å². The van der Waals surface area contributed by atoms with Gasteiger partial charge < -0.3 is 15.7 Å². The maximum Gasteiger partial charge on any atom is 0.315 e. The van der Waals surface area contributed by atoms with Crippen LogP contribution in [0.1, 0.15) is 18.4 Å². The number of carboxylic acids is 1. The van der Waals surface area contributed by atoms with E-state index in [0.29, 0.717) is 11.3 Å². The number of carboxylic acid groups (broad SMARTS) is 1. The number of aliphatic carboxylic acids is 1. The van der Waals surface area contributed by atoms with Crippen LogP contribution in [-0.4, -0.2) is 45.9 Å². The zero-order chi connectivity index (χ0) is 15.8. The second-order valence-electron chi connectivity index (χ2n) is 4.80. The lowest BCUT2D eigenvalue weighted by molar-refractivity contribution is -0.138. The third kappa shape index (κ3) is 6.40. The molecule has 3 N–H and O–H groups in total. The van der Waals surface area contributed by atoms with Gasteiger partial charge in [0.2, 0.25) is 0 Å². The first-order chi connectivity index (χ1) is 9.90. The van der Waals surface area contributed by atoms with E-state index in [9.17, 15) is 18.9 Å². The van der Waals surface area contributed by atoms with Crippen molar-refractivity contribution in [3.05, 3.63) is 35.9 Å². The summed E-state index contributed by atoms with van der Waals surface area (Å²) in [6.07, 6.45) is 1.56. The number of hydrogen-bond donors (Lipinski definition) is 3. The van der Waals surface area contributed by atoms with Gasteiger partial charge in [0.05, 0.1) is 5.92 Å². The average Bonchev–Trinajstić information content (AvgIpc) is 2.38. The molecule has 0 fully saturated rings. The largest absolute Gasteiger partial charge is 0.481 e. The van der Waals surface area contributed by atoms with Crippen molar-refractivity contribution in [3.8, 4) is 0 Å². The van der Waals surface area contributed by atoms with E-state index in [4.69, 9.17) is 0 Å². The van der Waals surface area contributed by atoms with E-state index in [0.717, 1.165) is 0 Å². The van der Waals surface area contributed by atoms with Crippen LogP contribution >= 0.6 is 0 Å². The van der Waals surface area contributed by atoms with Crippen molar-refractivity contribution >= 4 is 22.8 Å². The number of nitrogens with one attached hydrogen (secondary N) is 2. The van der Waals surface area contributed by atoms with Gasteiger partial charge in [-0.25, -0.2) is 4.79 Å². The molecule has 0 radical (unpaired) electrons. The fourth-order valence-electron chi connectivity index (χ4n) is 1.90. The monoisotopic (exact) mass is 312 g/mol. The van der Waals surface area contributed by atoms with E-state index in [2.05, 4.69) is 10.6 Å². The van der Waals surface area contributed by atoms with Crippen molar-refractivity contribution in [2.45, 2.75) is 18.9 Å². The molecule has 0 heterocycles. The Morgan fingerprint density at radius 1 is 1.29 bits per heavy atom. The summed E-state index contributed by atoms with van der Waals surface area (Å²) in [5.41, 5.74) is 0.632. The lowest BCUT2D eigenvalue weighted by atomic mass is 9.99. The number of urea groups is 1. The van der Waals surface area contributed by atoms with Crippen LogP contribution in [0, 0.1) is 0 Å². The Morgan fingerprint density at radius 2 is 1.90 bits per heavy atom. The summed E-state index contributed by atoms with van der Waals surface area (Å²) < 4.78 is 11.0. The molecule has 7 heteroatoms. The molecule has 0 aliphatic heterocycles. The quantitative estimate of drug-likeness (QED) is 0.697. The van der Waals surface area contributed by atoms with Crippen molar-refractivity contribution in [2.24, 2.45) is 0 Å². The van der Waals surface area contributed by atoms with Gasteiger partial charge in [0, 0.05) is 35.4 Å². The number of amides is 2. The molecule has 116 valence electrons. The third-order valence-electron chi connectivity index (χ3n) is 2.83. The van der Waals surface area contributed by atoms with Gasteiger partial charge in [0.25, 0.3) is 0 Å². The topological polar surface area (TPSA) is 95.5 Å². The first kappa shape index (κ1) is 17.2. The zero-order valence-corrected chi connectivity index (χ0v) is 12.9. The van der Waals surface area contributed by atoms with Crippen LogP contribution in [0.5, 0.6) is 0 Å². The summed E-state index contributed by atoms with van der Waals surface area (Å²) in [5.74, 6) is -1.44. The number of rotatable bonds is 7. The molecule has 0 spiro atoms. The van der Waals surface area contributed by atoms with Gasteiger partial charge in [-0.2, -0.15) is 0 Å². The van der Waals surface area contributed by atoms with Crippen LogP contribution in [0.4, 0.5) is 4.79 Å². The molecule has 0 aliphatic rings. The second kappa shape index (κ2) is 8.41. The maximum atomic E-state index is 11.7. The molecule has 1 aromatic carbocycles. The van der Waals surface area contributed by atoms with Crippen molar-refractivity contribution in [1.29, 1.82) is 0 Å². The molecule has 0 saturated heterocycles. The highest BCUT2D eigenvalue weighted by Gasteiger charge is 2.20. The smallest absolute Gasteiger partial charge is 0.315 e. The molecule has 3 unspecified atom stereocenters. The summed E-state index contributed by atoms with van der Waals surface area (Å²) in [6.45, 7) is 1.74. The van der Waals surface area contributed by atoms with Crippen LogP contribution in [0.3, 0.4) is 0 Å². The van der Waals surface area contributed by atoms with Crippen LogP contribution in [0.2, 0.25) is 0 Å². The van der Waals surface area contributed by atoms with E-state index >= 15 is 0 Å². The van der Waals surface area contributed by atoms with Gasteiger partial charge in [-0.1, -0.05) is 30.3 Å². The molecule has 0 aromatic heterocycles. The molecule has 0 saturated carbocycles. The predicted octanol–water partition coefficient (Wildman–Crippen LogP) is 0.921. The number of hydrogen-bond acceptors (Lipinski definition) is 3. The van der Waals surface area contributed by atoms with Crippen molar-refractivity contribution < 1.29 is 18.9 Å². The molecule has 0 aliphatic carbocycles. The van der Waals surface area contributed by atoms with Gasteiger partial charge in [-0.15, -0.1) is 0 Å². The number of benzene rings is 1. The Bertz CT molecular complexity index is 507. The van der Waals surface area contributed by atoms with Crippen LogP contribution in [0.25, 0.3) is 0 Å². The van der Waals surface area contributed by atoms with Crippen LogP contribution in [0.15, 0.2) is 30.3 Å². The average molecular weight is 312 g/mol. The molecule has 0 bridgehead atoms. The molecule has 2 amide bonds. The Kier molecular flexibility index (Phi) is 6.87. The zero-order valence-electron chi connectivity index (χ0n) is 12.0. The standard InChI is InChI=1S/C14H20N2O4S/c1-10(9-21(2)20)16-14(19)15-8-12(13(17)18)11-6-4-3-5-7-11/h3-7,10,12H,8-9H2,1-2H3,(H,17,18)(H2,15,16,19). The van der Waals surface area contributed by atoms with Crippen LogP contribution < -0.4 is 10.6 Å². The highest BCUT2D eigenvalue weighted by molar-refractivity contribution is 7.84. The van der Waals surface area contributed by atoms with Gasteiger partial charge in [0.1, 0.15) is 0 Å². The Balaban J connectivity index is 2.53. The van der Waals surface area contributed by atoms with Gasteiger partial charge >= 0.3 is 12.0 Å². The molecule has 21 heavy (non-hydrogen) atoms. The van der Waals surface area contributed by atoms with Gasteiger partial charge in [-0.3, -0.25) is 9.00 Å². The summed E-state index contributed by atoms with van der Waals surface area (Å²) in [4.78, 5) is 22.9. The summed E-state index contributed by atoms with van der Waals surface area (Å²) in [6, 6.07) is 8.02. The first-order valence-electron chi connectivity index (χ1n) is 6.52. The molecule has 3 atom stereocenters. The number of carbonyl (C=O) groups is 2. The third-order valence-corrected chi connectivity index (χ3v) is 3.80. The van der Waals surface area contributed by atoms with Gasteiger partial charge in [0.15, 0.2) is 0 Å². The normalized spacial score (nSPS) is 14.8. The minimum atomic E-state index is -0.998. The number of carbonyl (C=O) groups excluding carboxylic acids is 1. The van der Waals surface area contributed by atoms with E-state index in [-0.39, 0.29) is 12.6 Å².